The smallest absolute Gasteiger partial charge is 0.161 e. The van der Waals surface area contributed by atoms with Crippen molar-refractivity contribution < 1.29 is 14.6 Å². The molecule has 4 nitrogen and oxygen atoms in total. The van der Waals surface area contributed by atoms with E-state index in [1.54, 1.807) is 0 Å². The van der Waals surface area contributed by atoms with Crippen LogP contribution >= 0.6 is 0 Å². The normalized spacial score (nSPS) is 18.4. The average molecular weight is 279 g/mol. The van der Waals surface area contributed by atoms with Crippen molar-refractivity contribution in [1.29, 1.82) is 0 Å². The maximum atomic E-state index is 10.2. The molecule has 1 aliphatic heterocycles. The molecule has 0 aliphatic carbocycles. The summed E-state index contributed by atoms with van der Waals surface area (Å²) in [5.74, 6) is 1.62. The minimum Gasteiger partial charge on any atom is -0.486 e. The van der Waals surface area contributed by atoms with Gasteiger partial charge in [0.05, 0.1) is 5.60 Å². The van der Waals surface area contributed by atoms with Crippen molar-refractivity contribution in [3.63, 3.8) is 0 Å². The predicted octanol–water partition coefficient (Wildman–Crippen LogP) is 2.66. The van der Waals surface area contributed by atoms with Crippen LogP contribution in [0.5, 0.6) is 11.5 Å². The Hall–Kier alpha value is -1.26. The van der Waals surface area contributed by atoms with Crippen LogP contribution in [0.25, 0.3) is 0 Å². The zero-order valence-corrected chi connectivity index (χ0v) is 12.6. The van der Waals surface area contributed by atoms with E-state index >= 15 is 0 Å². The number of hydrogen-bond donors (Lipinski definition) is 2. The monoisotopic (exact) mass is 279 g/mol. The summed E-state index contributed by atoms with van der Waals surface area (Å²) in [5, 5.41) is 13.6. The SMILES string of the molecule is CCCC(C)(O)CNC(C)c1ccc2c(c1)OCCO2. The van der Waals surface area contributed by atoms with Gasteiger partial charge in [-0.1, -0.05) is 19.4 Å². The van der Waals surface area contributed by atoms with Gasteiger partial charge < -0.3 is 19.9 Å². The van der Waals surface area contributed by atoms with Crippen molar-refractivity contribution in [3.8, 4) is 11.5 Å². The van der Waals surface area contributed by atoms with Crippen molar-refractivity contribution >= 4 is 0 Å². The summed E-state index contributed by atoms with van der Waals surface area (Å²) < 4.78 is 11.1. The van der Waals surface area contributed by atoms with Gasteiger partial charge in [0.2, 0.25) is 0 Å². The molecule has 1 aliphatic rings. The molecule has 0 bridgehead atoms. The van der Waals surface area contributed by atoms with Crippen molar-refractivity contribution in [2.45, 2.75) is 45.3 Å². The summed E-state index contributed by atoms with van der Waals surface area (Å²) in [6.07, 6.45) is 1.78. The number of fused-ring (bicyclic) bond motifs is 1. The summed E-state index contributed by atoms with van der Waals surface area (Å²) in [5.41, 5.74) is 0.484. The van der Waals surface area contributed by atoms with E-state index in [1.807, 2.05) is 25.1 Å². The number of nitrogens with one attached hydrogen (secondary N) is 1. The molecule has 1 aromatic carbocycles. The molecular weight excluding hydrogens is 254 g/mol. The molecular formula is C16H25NO3. The zero-order chi connectivity index (χ0) is 14.6. The van der Waals surface area contributed by atoms with Crippen LogP contribution in [0, 0.1) is 0 Å². The first-order chi connectivity index (χ1) is 9.52. The first kappa shape index (κ1) is 15.1. The Morgan fingerprint density at radius 1 is 1.30 bits per heavy atom. The van der Waals surface area contributed by atoms with Gasteiger partial charge in [-0.25, -0.2) is 0 Å². The fraction of sp³-hybridized carbons (Fsp3) is 0.625. The number of aliphatic hydroxyl groups is 1. The lowest BCUT2D eigenvalue weighted by Crippen LogP contribution is -2.38. The van der Waals surface area contributed by atoms with Gasteiger partial charge in [-0.3, -0.25) is 0 Å². The molecule has 2 rings (SSSR count). The second-order valence-corrected chi connectivity index (χ2v) is 5.75. The molecule has 0 spiro atoms. The number of ether oxygens (including phenoxy) is 2. The molecule has 0 saturated heterocycles. The molecule has 2 N–H and O–H groups in total. The van der Waals surface area contributed by atoms with Crippen LogP contribution < -0.4 is 14.8 Å². The summed E-state index contributed by atoms with van der Waals surface area (Å²) >= 11 is 0. The second kappa shape index (κ2) is 6.46. The van der Waals surface area contributed by atoms with Crippen LogP contribution in [0.3, 0.4) is 0 Å². The van der Waals surface area contributed by atoms with E-state index in [4.69, 9.17) is 9.47 Å². The molecule has 4 heteroatoms. The molecule has 2 unspecified atom stereocenters. The molecule has 112 valence electrons. The average Bonchev–Trinajstić information content (AvgIpc) is 2.44. The highest BCUT2D eigenvalue weighted by Gasteiger charge is 2.20. The first-order valence-electron chi connectivity index (χ1n) is 7.37. The molecule has 0 aromatic heterocycles. The van der Waals surface area contributed by atoms with Gasteiger partial charge in [-0.2, -0.15) is 0 Å². The number of benzene rings is 1. The fourth-order valence-electron chi connectivity index (χ4n) is 2.45. The summed E-state index contributed by atoms with van der Waals surface area (Å²) in [6, 6.07) is 6.17. The van der Waals surface area contributed by atoms with Gasteiger partial charge in [0.1, 0.15) is 13.2 Å². The van der Waals surface area contributed by atoms with E-state index in [1.165, 1.54) is 0 Å². The van der Waals surface area contributed by atoms with Crippen molar-refractivity contribution in [3.05, 3.63) is 23.8 Å². The summed E-state index contributed by atoms with van der Waals surface area (Å²) in [7, 11) is 0. The van der Waals surface area contributed by atoms with Crippen LogP contribution in [0.4, 0.5) is 0 Å². The highest BCUT2D eigenvalue weighted by atomic mass is 16.6. The summed E-state index contributed by atoms with van der Waals surface area (Å²) in [4.78, 5) is 0. The zero-order valence-electron chi connectivity index (χ0n) is 12.6. The lowest BCUT2D eigenvalue weighted by molar-refractivity contribution is 0.0476. The standard InChI is InChI=1S/C16H25NO3/c1-4-7-16(3,18)11-17-12(2)13-5-6-14-15(10-13)20-9-8-19-14/h5-6,10,12,17-18H,4,7-9,11H2,1-3H3. The largest absolute Gasteiger partial charge is 0.486 e. The molecule has 0 amide bonds. The Kier molecular flexibility index (Phi) is 4.89. The molecule has 0 fully saturated rings. The second-order valence-electron chi connectivity index (χ2n) is 5.75. The quantitative estimate of drug-likeness (QED) is 0.840. The van der Waals surface area contributed by atoms with E-state index in [2.05, 4.69) is 19.2 Å². The fourth-order valence-corrected chi connectivity index (χ4v) is 2.45. The molecule has 1 heterocycles. The minimum absolute atomic E-state index is 0.161. The van der Waals surface area contributed by atoms with Crippen molar-refractivity contribution in [1.82, 2.24) is 5.32 Å². The Balaban J connectivity index is 1.97. The third-order valence-electron chi connectivity index (χ3n) is 3.64. The van der Waals surface area contributed by atoms with Gasteiger partial charge in [-0.15, -0.1) is 0 Å². The van der Waals surface area contributed by atoms with Crippen LogP contribution in [0.15, 0.2) is 18.2 Å². The lowest BCUT2D eigenvalue weighted by atomic mass is 9.99. The number of rotatable bonds is 6. The summed E-state index contributed by atoms with van der Waals surface area (Å²) in [6.45, 7) is 7.84. The van der Waals surface area contributed by atoms with Crippen LogP contribution in [0.1, 0.15) is 45.2 Å². The maximum absolute atomic E-state index is 10.2. The van der Waals surface area contributed by atoms with Gasteiger partial charge in [0.15, 0.2) is 11.5 Å². The van der Waals surface area contributed by atoms with Gasteiger partial charge in [-0.05, 0) is 38.0 Å². The van der Waals surface area contributed by atoms with E-state index in [0.717, 1.165) is 29.9 Å². The Morgan fingerprint density at radius 3 is 2.70 bits per heavy atom. The van der Waals surface area contributed by atoms with E-state index in [0.29, 0.717) is 19.8 Å². The van der Waals surface area contributed by atoms with E-state index in [9.17, 15) is 5.11 Å². The topological polar surface area (TPSA) is 50.7 Å². The van der Waals surface area contributed by atoms with Crippen molar-refractivity contribution in [2.24, 2.45) is 0 Å². The molecule has 0 radical (unpaired) electrons. The van der Waals surface area contributed by atoms with Crippen LogP contribution in [-0.4, -0.2) is 30.5 Å². The van der Waals surface area contributed by atoms with Gasteiger partial charge in [0, 0.05) is 12.6 Å². The van der Waals surface area contributed by atoms with E-state index < -0.39 is 5.60 Å². The minimum atomic E-state index is -0.656. The Bertz CT molecular complexity index is 445. The van der Waals surface area contributed by atoms with Crippen molar-refractivity contribution in [2.75, 3.05) is 19.8 Å². The number of hydrogen-bond acceptors (Lipinski definition) is 4. The third kappa shape index (κ3) is 3.87. The van der Waals surface area contributed by atoms with Gasteiger partial charge in [0.25, 0.3) is 0 Å². The Labute approximate surface area is 121 Å². The Morgan fingerprint density at radius 2 is 2.00 bits per heavy atom. The molecule has 1 aromatic rings. The molecule has 0 saturated carbocycles. The van der Waals surface area contributed by atoms with E-state index in [-0.39, 0.29) is 6.04 Å². The molecule has 20 heavy (non-hydrogen) atoms. The first-order valence-corrected chi connectivity index (χ1v) is 7.37. The maximum Gasteiger partial charge on any atom is 0.161 e. The molecule has 2 atom stereocenters. The predicted molar refractivity (Wildman–Crippen MR) is 79.4 cm³/mol. The van der Waals surface area contributed by atoms with Crippen LogP contribution in [-0.2, 0) is 0 Å². The van der Waals surface area contributed by atoms with Crippen LogP contribution in [0.2, 0.25) is 0 Å². The van der Waals surface area contributed by atoms with Gasteiger partial charge >= 0.3 is 0 Å². The third-order valence-corrected chi connectivity index (χ3v) is 3.64. The highest BCUT2D eigenvalue weighted by molar-refractivity contribution is 5.44. The lowest BCUT2D eigenvalue weighted by Gasteiger charge is -2.26. The highest BCUT2D eigenvalue weighted by Crippen LogP contribution is 2.32.